The number of nitriles is 2. The largest absolute Gasteiger partial charge is 0.325 e. The molecule has 1 N–H and O–H groups in total. The van der Waals surface area contributed by atoms with Crippen LogP contribution in [0, 0.1) is 28.1 Å². The Labute approximate surface area is 157 Å². The SMILES string of the molecule is N#CC1(C#N)[C@H](c2ccccc2)N2CCC[C@H]2[C@@]12C(=O)Nc1ccccc12. The maximum Gasteiger partial charge on any atom is 0.239 e. The Bertz CT molecular complexity index is 1000. The molecule has 0 bridgehead atoms. The Morgan fingerprint density at radius 1 is 1.04 bits per heavy atom. The molecule has 2 fully saturated rings. The van der Waals surface area contributed by atoms with Crippen molar-refractivity contribution in [2.75, 3.05) is 11.9 Å². The topological polar surface area (TPSA) is 79.9 Å². The smallest absolute Gasteiger partial charge is 0.239 e. The van der Waals surface area contributed by atoms with E-state index in [0.29, 0.717) is 0 Å². The summed E-state index contributed by atoms with van der Waals surface area (Å²) in [5.74, 6) is -0.220. The summed E-state index contributed by atoms with van der Waals surface area (Å²) in [7, 11) is 0. The minimum atomic E-state index is -1.49. The minimum Gasteiger partial charge on any atom is -0.325 e. The molecule has 5 rings (SSSR count). The monoisotopic (exact) mass is 354 g/mol. The zero-order valence-corrected chi connectivity index (χ0v) is 14.7. The minimum absolute atomic E-state index is 0.161. The highest BCUT2D eigenvalue weighted by Gasteiger charge is 2.76. The lowest BCUT2D eigenvalue weighted by Crippen LogP contribution is -2.53. The highest BCUT2D eigenvalue weighted by atomic mass is 16.2. The van der Waals surface area contributed by atoms with Crippen molar-refractivity contribution >= 4 is 11.6 Å². The molecule has 132 valence electrons. The third-order valence-electron chi connectivity index (χ3n) is 6.58. The van der Waals surface area contributed by atoms with Gasteiger partial charge in [0.25, 0.3) is 0 Å². The molecule has 27 heavy (non-hydrogen) atoms. The molecule has 0 aromatic heterocycles. The van der Waals surface area contributed by atoms with Gasteiger partial charge in [0.2, 0.25) is 5.91 Å². The van der Waals surface area contributed by atoms with Crippen molar-refractivity contribution in [3.05, 3.63) is 65.7 Å². The number of anilines is 1. The lowest BCUT2D eigenvalue weighted by Gasteiger charge is -2.36. The van der Waals surface area contributed by atoms with Gasteiger partial charge in [-0.15, -0.1) is 0 Å². The van der Waals surface area contributed by atoms with Crippen LogP contribution in [0.3, 0.4) is 0 Å². The van der Waals surface area contributed by atoms with Gasteiger partial charge in [-0.1, -0.05) is 48.5 Å². The van der Waals surface area contributed by atoms with Crippen molar-refractivity contribution in [1.82, 2.24) is 4.90 Å². The summed E-state index contributed by atoms with van der Waals surface area (Å²) in [6.07, 6.45) is 1.76. The van der Waals surface area contributed by atoms with Crippen molar-refractivity contribution in [2.24, 2.45) is 5.41 Å². The van der Waals surface area contributed by atoms with Crippen molar-refractivity contribution in [1.29, 1.82) is 10.5 Å². The fraction of sp³-hybridized carbons (Fsp3) is 0.318. The molecule has 0 radical (unpaired) electrons. The van der Waals surface area contributed by atoms with Crippen LogP contribution in [0.15, 0.2) is 54.6 Å². The molecule has 1 spiro atoms. The first-order valence-corrected chi connectivity index (χ1v) is 9.25. The van der Waals surface area contributed by atoms with Crippen LogP contribution in [-0.2, 0) is 10.2 Å². The number of nitrogens with zero attached hydrogens (tertiary/aromatic N) is 3. The second-order valence-corrected chi connectivity index (χ2v) is 7.55. The lowest BCUT2D eigenvalue weighted by atomic mass is 9.57. The molecule has 2 aromatic carbocycles. The molecule has 2 aromatic rings. The van der Waals surface area contributed by atoms with Crippen LogP contribution in [0.5, 0.6) is 0 Å². The van der Waals surface area contributed by atoms with Gasteiger partial charge in [0.15, 0.2) is 5.41 Å². The van der Waals surface area contributed by atoms with E-state index in [4.69, 9.17) is 0 Å². The van der Waals surface area contributed by atoms with E-state index in [9.17, 15) is 15.3 Å². The zero-order valence-electron chi connectivity index (χ0n) is 14.7. The molecule has 5 heteroatoms. The standard InChI is InChI=1S/C22H18N4O/c23-13-21(14-24)19(15-7-2-1-3-8-15)26-12-6-11-18(26)22(21)16-9-4-5-10-17(16)25-20(22)27/h1-5,7-10,18-19H,6,11-12H2,(H,25,27)/t18-,19-,22-/m0/s1. The average molecular weight is 354 g/mol. The molecule has 3 heterocycles. The quantitative estimate of drug-likeness (QED) is 0.853. The van der Waals surface area contributed by atoms with Crippen molar-refractivity contribution in [3.8, 4) is 12.1 Å². The predicted molar refractivity (Wildman–Crippen MR) is 99.3 cm³/mol. The van der Waals surface area contributed by atoms with Crippen molar-refractivity contribution < 1.29 is 4.79 Å². The van der Waals surface area contributed by atoms with Gasteiger partial charge >= 0.3 is 0 Å². The second kappa shape index (κ2) is 5.42. The molecular weight excluding hydrogens is 336 g/mol. The third kappa shape index (κ3) is 1.68. The number of nitrogens with one attached hydrogen (secondary N) is 1. The zero-order chi connectivity index (χ0) is 18.6. The number of rotatable bonds is 1. The lowest BCUT2D eigenvalue weighted by molar-refractivity contribution is -0.123. The van der Waals surface area contributed by atoms with Crippen LogP contribution in [0.1, 0.15) is 30.0 Å². The fourth-order valence-electron chi connectivity index (χ4n) is 5.69. The number of fused-ring (bicyclic) bond motifs is 4. The number of hydrogen-bond donors (Lipinski definition) is 1. The van der Waals surface area contributed by atoms with Crippen molar-refractivity contribution in [2.45, 2.75) is 30.3 Å². The number of carbonyl (C=O) groups is 1. The maximum absolute atomic E-state index is 13.5. The first-order valence-electron chi connectivity index (χ1n) is 9.25. The Hall–Kier alpha value is -3.15. The van der Waals surface area contributed by atoms with Gasteiger partial charge in [-0.3, -0.25) is 9.69 Å². The van der Waals surface area contributed by atoms with E-state index in [-0.39, 0.29) is 11.9 Å². The maximum atomic E-state index is 13.5. The Morgan fingerprint density at radius 3 is 2.48 bits per heavy atom. The van der Waals surface area contributed by atoms with E-state index in [2.05, 4.69) is 22.4 Å². The fourth-order valence-corrected chi connectivity index (χ4v) is 5.69. The number of benzene rings is 2. The van der Waals surface area contributed by atoms with Gasteiger partial charge in [-0.2, -0.15) is 10.5 Å². The molecule has 1 amide bonds. The third-order valence-corrected chi connectivity index (χ3v) is 6.58. The molecule has 2 saturated heterocycles. The normalized spacial score (nSPS) is 30.4. The van der Waals surface area contributed by atoms with Crippen LogP contribution < -0.4 is 5.32 Å². The number of carbonyl (C=O) groups excluding carboxylic acids is 1. The van der Waals surface area contributed by atoms with Gasteiger partial charge in [0.05, 0.1) is 18.2 Å². The van der Waals surface area contributed by atoms with Gasteiger partial charge < -0.3 is 5.32 Å². The van der Waals surface area contributed by atoms with E-state index < -0.39 is 16.9 Å². The molecule has 5 nitrogen and oxygen atoms in total. The van der Waals surface area contributed by atoms with E-state index in [1.165, 1.54) is 0 Å². The van der Waals surface area contributed by atoms with Crippen LogP contribution in [0.2, 0.25) is 0 Å². The van der Waals surface area contributed by atoms with Gasteiger partial charge in [-0.05, 0) is 36.6 Å². The van der Waals surface area contributed by atoms with Crippen molar-refractivity contribution in [3.63, 3.8) is 0 Å². The van der Waals surface area contributed by atoms with E-state index in [1.54, 1.807) is 0 Å². The highest BCUT2D eigenvalue weighted by Crippen LogP contribution is 2.66. The van der Waals surface area contributed by atoms with E-state index >= 15 is 0 Å². The second-order valence-electron chi connectivity index (χ2n) is 7.55. The molecule has 3 aliphatic heterocycles. The number of hydrogen-bond acceptors (Lipinski definition) is 4. The summed E-state index contributed by atoms with van der Waals surface area (Å²) in [5, 5.41) is 23.8. The predicted octanol–water partition coefficient (Wildman–Crippen LogP) is 3.13. The summed E-state index contributed by atoms with van der Waals surface area (Å²) in [6, 6.07) is 21.3. The summed E-state index contributed by atoms with van der Waals surface area (Å²) in [6.45, 7) is 0.784. The van der Waals surface area contributed by atoms with Gasteiger partial charge in [0, 0.05) is 11.7 Å². The van der Waals surface area contributed by atoms with Crippen LogP contribution in [0.25, 0.3) is 0 Å². The van der Waals surface area contributed by atoms with Crippen LogP contribution in [0.4, 0.5) is 5.69 Å². The number of amides is 1. The van der Waals surface area contributed by atoms with E-state index in [0.717, 1.165) is 36.2 Å². The molecule has 3 aliphatic rings. The number of para-hydroxylation sites is 1. The summed E-state index contributed by atoms with van der Waals surface area (Å²) >= 11 is 0. The molecular formula is C22H18N4O. The molecule has 0 saturated carbocycles. The molecule has 3 atom stereocenters. The van der Waals surface area contributed by atoms with Gasteiger partial charge in [-0.25, -0.2) is 0 Å². The Morgan fingerprint density at radius 2 is 1.74 bits per heavy atom. The molecule has 0 unspecified atom stereocenters. The van der Waals surface area contributed by atoms with Gasteiger partial charge in [0.1, 0.15) is 5.41 Å². The summed E-state index contributed by atoms with van der Waals surface area (Å²) < 4.78 is 0. The summed E-state index contributed by atoms with van der Waals surface area (Å²) in [4.78, 5) is 15.7. The van der Waals surface area contributed by atoms with E-state index in [1.807, 2.05) is 54.6 Å². The first-order chi connectivity index (χ1) is 13.2. The van der Waals surface area contributed by atoms with Crippen LogP contribution >= 0.6 is 0 Å². The Balaban J connectivity index is 1.86. The highest BCUT2D eigenvalue weighted by molar-refractivity contribution is 6.09. The van der Waals surface area contributed by atoms with Crippen LogP contribution in [-0.4, -0.2) is 23.4 Å². The average Bonchev–Trinajstić information content (AvgIpc) is 3.35. The first kappa shape index (κ1) is 16.1. The molecule has 0 aliphatic carbocycles. The Kier molecular flexibility index (Phi) is 3.22. The summed E-state index contributed by atoms with van der Waals surface area (Å²) in [5.41, 5.74) is -0.242.